The van der Waals surface area contributed by atoms with Gasteiger partial charge in [-0.2, -0.15) is 0 Å². The summed E-state index contributed by atoms with van der Waals surface area (Å²) in [6.45, 7) is 3.61. The summed E-state index contributed by atoms with van der Waals surface area (Å²) in [4.78, 5) is 12.7. The van der Waals surface area contributed by atoms with E-state index in [2.05, 4.69) is 20.1 Å². The van der Waals surface area contributed by atoms with Crippen molar-refractivity contribution in [2.45, 2.75) is 20.3 Å². The number of carbonyl (C=O) groups excluding carboxylic acids is 1. The minimum atomic E-state index is -0.229. The van der Waals surface area contributed by atoms with Gasteiger partial charge in [-0.1, -0.05) is 28.7 Å². The average molecular weight is 290 g/mol. The van der Waals surface area contributed by atoms with Gasteiger partial charge in [-0.05, 0) is 37.0 Å². The summed E-state index contributed by atoms with van der Waals surface area (Å²) in [5, 5.41) is 18.6. The van der Waals surface area contributed by atoms with Crippen LogP contribution in [0.3, 0.4) is 0 Å². The molecule has 0 spiro atoms. The molecule has 2 N–H and O–H groups in total. The van der Waals surface area contributed by atoms with Crippen LogP contribution in [0.1, 0.15) is 34.8 Å². The molecule has 1 aromatic heterocycles. The van der Waals surface area contributed by atoms with Crippen LogP contribution in [-0.2, 0) is 6.42 Å². The maximum absolute atomic E-state index is 12.1. The number of rotatable bonds is 4. The molecule has 0 fully saturated rings. The van der Waals surface area contributed by atoms with Crippen LogP contribution in [0.4, 0.5) is 5.69 Å². The van der Waals surface area contributed by atoms with E-state index in [0.29, 0.717) is 28.4 Å². The molecule has 2 rings (SSSR count). The molecule has 0 aliphatic rings. The number of aromatic nitrogens is 2. The van der Waals surface area contributed by atoms with Crippen molar-refractivity contribution in [1.29, 1.82) is 0 Å². The van der Waals surface area contributed by atoms with Gasteiger partial charge < -0.3 is 10.5 Å². The first-order chi connectivity index (χ1) is 9.65. The van der Waals surface area contributed by atoms with Gasteiger partial charge >= 0.3 is 0 Å². The third-order valence-corrected chi connectivity index (χ3v) is 3.55. The number of nitrogens with one attached hydrogen (secondary N) is 1. The molecule has 0 unspecified atom stereocenters. The lowest BCUT2D eigenvalue weighted by Crippen LogP contribution is -2.12. The Morgan fingerprint density at radius 2 is 2.30 bits per heavy atom. The number of oxime groups is 1. The highest BCUT2D eigenvalue weighted by Gasteiger charge is 2.15. The second-order valence-electron chi connectivity index (χ2n) is 4.12. The Morgan fingerprint density at radius 1 is 1.50 bits per heavy atom. The molecule has 7 heteroatoms. The number of amides is 1. The lowest BCUT2D eigenvalue weighted by atomic mass is 10.1. The Balaban J connectivity index is 2.20. The second-order valence-corrected chi connectivity index (χ2v) is 4.88. The normalized spacial score (nSPS) is 11.4. The smallest absolute Gasteiger partial charge is 0.269 e. The Labute approximate surface area is 120 Å². The number of hydrogen-bond donors (Lipinski definition) is 2. The molecule has 104 valence electrons. The van der Waals surface area contributed by atoms with Crippen molar-refractivity contribution in [2.75, 3.05) is 5.32 Å². The molecule has 0 bridgehead atoms. The van der Waals surface area contributed by atoms with Crippen molar-refractivity contribution < 1.29 is 10.0 Å². The van der Waals surface area contributed by atoms with Crippen LogP contribution in [0, 0.1) is 0 Å². The van der Waals surface area contributed by atoms with Crippen LogP contribution in [0.25, 0.3) is 0 Å². The molecule has 1 aromatic carbocycles. The molecule has 20 heavy (non-hydrogen) atoms. The van der Waals surface area contributed by atoms with Crippen molar-refractivity contribution >= 4 is 28.8 Å². The number of anilines is 1. The summed E-state index contributed by atoms with van der Waals surface area (Å²) in [5.74, 6) is -0.229. The van der Waals surface area contributed by atoms with E-state index in [4.69, 9.17) is 5.21 Å². The van der Waals surface area contributed by atoms with E-state index in [1.54, 1.807) is 31.2 Å². The van der Waals surface area contributed by atoms with Crippen LogP contribution in [0.15, 0.2) is 29.4 Å². The largest absolute Gasteiger partial charge is 0.411 e. The SMILES string of the molecule is CCc1nnsc1C(=O)Nc1cccc(C(C)=NO)c1. The highest BCUT2D eigenvalue weighted by molar-refractivity contribution is 7.08. The molecule has 0 aliphatic heterocycles. The van der Waals surface area contributed by atoms with Crippen LogP contribution >= 0.6 is 11.5 Å². The summed E-state index contributed by atoms with van der Waals surface area (Å²) >= 11 is 1.08. The minimum Gasteiger partial charge on any atom is -0.411 e. The predicted octanol–water partition coefficient (Wildman–Crippen LogP) is 2.55. The number of nitrogens with zero attached hydrogens (tertiary/aromatic N) is 3. The zero-order valence-electron chi connectivity index (χ0n) is 11.1. The number of benzene rings is 1. The van der Waals surface area contributed by atoms with Gasteiger partial charge in [-0.25, -0.2) is 0 Å². The number of carbonyl (C=O) groups is 1. The highest BCUT2D eigenvalue weighted by Crippen LogP contribution is 2.16. The molecule has 1 heterocycles. The van der Waals surface area contributed by atoms with Crippen LogP contribution < -0.4 is 5.32 Å². The second kappa shape index (κ2) is 6.25. The molecule has 0 radical (unpaired) electrons. The van der Waals surface area contributed by atoms with E-state index in [0.717, 1.165) is 17.1 Å². The Hall–Kier alpha value is -2.28. The van der Waals surface area contributed by atoms with Gasteiger partial charge in [0.25, 0.3) is 5.91 Å². The van der Waals surface area contributed by atoms with Crippen molar-refractivity contribution in [3.63, 3.8) is 0 Å². The fourth-order valence-corrected chi connectivity index (χ4v) is 2.33. The van der Waals surface area contributed by atoms with Crippen LogP contribution in [0.2, 0.25) is 0 Å². The number of aryl methyl sites for hydroxylation is 1. The minimum absolute atomic E-state index is 0.229. The van der Waals surface area contributed by atoms with E-state index in [9.17, 15) is 4.79 Å². The van der Waals surface area contributed by atoms with E-state index in [1.807, 2.05) is 6.92 Å². The van der Waals surface area contributed by atoms with Gasteiger partial charge in [0.05, 0.1) is 11.4 Å². The van der Waals surface area contributed by atoms with E-state index in [-0.39, 0.29) is 5.91 Å². The van der Waals surface area contributed by atoms with Gasteiger partial charge in [-0.3, -0.25) is 4.79 Å². The van der Waals surface area contributed by atoms with Crippen LogP contribution in [0.5, 0.6) is 0 Å². The quantitative estimate of drug-likeness (QED) is 0.514. The molecule has 0 saturated heterocycles. The lowest BCUT2D eigenvalue weighted by Gasteiger charge is -2.06. The molecular weight excluding hydrogens is 276 g/mol. The van der Waals surface area contributed by atoms with Gasteiger partial charge in [0.2, 0.25) is 0 Å². The Bertz CT molecular complexity index is 651. The summed E-state index contributed by atoms with van der Waals surface area (Å²) in [5.41, 5.74) is 2.54. The molecule has 0 saturated carbocycles. The first-order valence-corrected chi connectivity index (χ1v) is 6.84. The fraction of sp³-hybridized carbons (Fsp3) is 0.231. The summed E-state index contributed by atoms with van der Waals surface area (Å²) in [7, 11) is 0. The van der Waals surface area contributed by atoms with Crippen molar-refractivity contribution in [3.05, 3.63) is 40.4 Å². The monoisotopic (exact) mass is 290 g/mol. The first kappa shape index (κ1) is 14.1. The molecule has 0 atom stereocenters. The van der Waals surface area contributed by atoms with Gasteiger partial charge in [-0.15, -0.1) is 5.10 Å². The summed E-state index contributed by atoms with van der Waals surface area (Å²) in [6.07, 6.45) is 0.662. The van der Waals surface area contributed by atoms with E-state index < -0.39 is 0 Å². The fourth-order valence-electron chi connectivity index (χ4n) is 1.68. The Morgan fingerprint density at radius 3 is 3.00 bits per heavy atom. The topological polar surface area (TPSA) is 87.5 Å². The van der Waals surface area contributed by atoms with Crippen molar-refractivity contribution in [3.8, 4) is 0 Å². The molecule has 6 nitrogen and oxygen atoms in total. The van der Waals surface area contributed by atoms with Gasteiger partial charge in [0, 0.05) is 11.3 Å². The third kappa shape index (κ3) is 3.00. The lowest BCUT2D eigenvalue weighted by molar-refractivity contribution is 0.102. The first-order valence-electron chi connectivity index (χ1n) is 6.07. The maximum atomic E-state index is 12.1. The Kier molecular flexibility index (Phi) is 4.41. The molecule has 1 amide bonds. The number of hydrogen-bond acceptors (Lipinski definition) is 6. The zero-order valence-corrected chi connectivity index (χ0v) is 11.9. The third-order valence-electron chi connectivity index (χ3n) is 2.79. The summed E-state index contributed by atoms with van der Waals surface area (Å²) < 4.78 is 3.79. The zero-order chi connectivity index (χ0) is 14.5. The standard InChI is InChI=1S/C13H14N4O2S/c1-3-11-12(20-17-15-11)13(18)14-10-6-4-5-9(7-10)8(2)16-19/h4-7,19H,3H2,1-2H3,(H,14,18). The highest BCUT2D eigenvalue weighted by atomic mass is 32.1. The molecular formula is C13H14N4O2S. The van der Waals surface area contributed by atoms with Crippen molar-refractivity contribution in [2.24, 2.45) is 5.16 Å². The van der Waals surface area contributed by atoms with Crippen LogP contribution in [-0.4, -0.2) is 26.4 Å². The molecule has 2 aromatic rings. The van der Waals surface area contributed by atoms with Gasteiger partial charge in [0.1, 0.15) is 4.88 Å². The van der Waals surface area contributed by atoms with E-state index >= 15 is 0 Å². The van der Waals surface area contributed by atoms with Crippen molar-refractivity contribution in [1.82, 2.24) is 9.59 Å². The molecule has 0 aliphatic carbocycles. The average Bonchev–Trinajstić information content (AvgIpc) is 2.95. The maximum Gasteiger partial charge on any atom is 0.269 e. The summed E-state index contributed by atoms with van der Waals surface area (Å²) in [6, 6.07) is 7.10. The van der Waals surface area contributed by atoms with Gasteiger partial charge in [0.15, 0.2) is 0 Å². The van der Waals surface area contributed by atoms with E-state index in [1.165, 1.54) is 0 Å². The predicted molar refractivity (Wildman–Crippen MR) is 77.7 cm³/mol.